The Bertz CT molecular complexity index is 346. The molecule has 1 aromatic rings. The minimum absolute atomic E-state index is 0.279. The molecule has 2 unspecified atom stereocenters. The van der Waals surface area contributed by atoms with Crippen LogP contribution in [0.3, 0.4) is 0 Å². The molecule has 0 saturated carbocycles. The van der Waals surface area contributed by atoms with Crippen molar-refractivity contribution in [1.29, 1.82) is 0 Å². The van der Waals surface area contributed by atoms with Crippen molar-refractivity contribution in [2.24, 2.45) is 0 Å². The molecular weight excluding hydrogens is 198 g/mol. The van der Waals surface area contributed by atoms with E-state index in [1.54, 1.807) is 7.11 Å². The Morgan fingerprint density at radius 1 is 1.38 bits per heavy atom. The van der Waals surface area contributed by atoms with Crippen LogP contribution < -0.4 is 10.1 Å². The van der Waals surface area contributed by atoms with E-state index in [2.05, 4.69) is 43.4 Å². The lowest BCUT2D eigenvalue weighted by molar-refractivity contribution is 0.390. The largest absolute Gasteiger partial charge is 0.497 e. The second kappa shape index (κ2) is 4.46. The molecule has 1 aromatic carbocycles. The maximum absolute atomic E-state index is 5.20. The first-order valence-electron chi connectivity index (χ1n) is 6.08. The van der Waals surface area contributed by atoms with Crippen molar-refractivity contribution >= 4 is 0 Å². The van der Waals surface area contributed by atoms with Gasteiger partial charge in [-0.1, -0.05) is 26.0 Å². The molecule has 0 aliphatic carbocycles. The topological polar surface area (TPSA) is 21.3 Å². The number of methoxy groups -OCH3 is 1. The van der Waals surface area contributed by atoms with Gasteiger partial charge in [0.1, 0.15) is 5.75 Å². The zero-order valence-electron chi connectivity index (χ0n) is 10.4. The fraction of sp³-hybridized carbons (Fsp3) is 0.571. The Balaban J connectivity index is 2.27. The molecule has 1 heterocycles. The van der Waals surface area contributed by atoms with Crippen LogP contribution in [0.25, 0.3) is 0 Å². The molecular formula is C14H21NO. The zero-order valence-corrected chi connectivity index (χ0v) is 10.4. The molecule has 0 radical (unpaired) electrons. The van der Waals surface area contributed by atoms with Crippen molar-refractivity contribution in [3.05, 3.63) is 29.8 Å². The van der Waals surface area contributed by atoms with Crippen LogP contribution in [0, 0.1) is 0 Å². The predicted octanol–water partition coefficient (Wildman–Crippen LogP) is 2.72. The fourth-order valence-corrected chi connectivity index (χ4v) is 2.82. The summed E-state index contributed by atoms with van der Waals surface area (Å²) < 4.78 is 5.20. The van der Waals surface area contributed by atoms with Gasteiger partial charge < -0.3 is 10.1 Å². The van der Waals surface area contributed by atoms with Crippen LogP contribution in [0.1, 0.15) is 32.3 Å². The quantitative estimate of drug-likeness (QED) is 0.844. The molecule has 1 aliphatic rings. The molecule has 88 valence electrons. The highest BCUT2D eigenvalue weighted by Gasteiger charge is 2.38. The van der Waals surface area contributed by atoms with E-state index >= 15 is 0 Å². The molecule has 2 heteroatoms. The summed E-state index contributed by atoms with van der Waals surface area (Å²) in [7, 11) is 1.71. The van der Waals surface area contributed by atoms with Gasteiger partial charge >= 0.3 is 0 Å². The van der Waals surface area contributed by atoms with Gasteiger partial charge in [0.2, 0.25) is 0 Å². The van der Waals surface area contributed by atoms with Gasteiger partial charge in [-0.05, 0) is 37.1 Å². The van der Waals surface area contributed by atoms with Gasteiger partial charge in [-0.2, -0.15) is 0 Å². The molecule has 2 rings (SSSR count). The summed E-state index contributed by atoms with van der Waals surface area (Å²) in [4.78, 5) is 0. The summed E-state index contributed by atoms with van der Waals surface area (Å²) in [5.41, 5.74) is 1.70. The lowest BCUT2D eigenvalue weighted by Crippen LogP contribution is -2.37. The third-order valence-corrected chi connectivity index (χ3v) is 3.96. The molecule has 2 nitrogen and oxygen atoms in total. The third-order valence-electron chi connectivity index (χ3n) is 3.96. The van der Waals surface area contributed by atoms with Gasteiger partial charge in [-0.3, -0.25) is 0 Å². The predicted molar refractivity (Wildman–Crippen MR) is 67.0 cm³/mol. The smallest absolute Gasteiger partial charge is 0.118 e. The summed E-state index contributed by atoms with van der Waals surface area (Å²) in [5, 5.41) is 3.59. The van der Waals surface area contributed by atoms with Crippen LogP contribution in [-0.4, -0.2) is 19.7 Å². The first kappa shape index (κ1) is 11.5. The molecule has 0 bridgehead atoms. The zero-order chi connectivity index (χ0) is 11.6. The molecule has 1 N–H and O–H groups in total. The molecule has 0 amide bonds. The number of hydrogen-bond acceptors (Lipinski definition) is 2. The van der Waals surface area contributed by atoms with E-state index in [9.17, 15) is 0 Å². The average molecular weight is 219 g/mol. The van der Waals surface area contributed by atoms with Crippen molar-refractivity contribution < 1.29 is 4.74 Å². The first-order chi connectivity index (χ1) is 7.70. The van der Waals surface area contributed by atoms with Gasteiger partial charge in [0.05, 0.1) is 7.11 Å². The highest BCUT2D eigenvalue weighted by molar-refractivity contribution is 5.34. The molecule has 0 aromatic heterocycles. The summed E-state index contributed by atoms with van der Waals surface area (Å²) in [6.07, 6.45) is 2.40. The fourth-order valence-electron chi connectivity index (χ4n) is 2.82. The lowest BCUT2D eigenvalue weighted by Gasteiger charge is -2.31. The summed E-state index contributed by atoms with van der Waals surface area (Å²) >= 11 is 0. The van der Waals surface area contributed by atoms with Gasteiger partial charge in [0, 0.05) is 11.5 Å². The SMILES string of the molecule is CCC1NCCC1(C)c1ccc(OC)cc1. The van der Waals surface area contributed by atoms with Crippen LogP contribution >= 0.6 is 0 Å². The Morgan fingerprint density at radius 3 is 2.62 bits per heavy atom. The molecule has 0 spiro atoms. The number of hydrogen-bond donors (Lipinski definition) is 1. The van der Waals surface area contributed by atoms with Crippen LogP contribution in [0.4, 0.5) is 0 Å². The summed E-state index contributed by atoms with van der Waals surface area (Å²) in [6, 6.07) is 9.13. The molecule has 2 atom stereocenters. The average Bonchev–Trinajstić information content (AvgIpc) is 2.72. The van der Waals surface area contributed by atoms with Crippen molar-refractivity contribution in [2.45, 2.75) is 38.1 Å². The van der Waals surface area contributed by atoms with Crippen molar-refractivity contribution in [2.75, 3.05) is 13.7 Å². The summed E-state index contributed by atoms with van der Waals surface area (Å²) in [6.45, 7) is 5.74. The van der Waals surface area contributed by atoms with Crippen LogP contribution in [-0.2, 0) is 5.41 Å². The molecule has 16 heavy (non-hydrogen) atoms. The highest BCUT2D eigenvalue weighted by atomic mass is 16.5. The van der Waals surface area contributed by atoms with Crippen molar-refractivity contribution in [3.63, 3.8) is 0 Å². The van der Waals surface area contributed by atoms with Crippen molar-refractivity contribution in [1.82, 2.24) is 5.32 Å². The van der Waals surface area contributed by atoms with Crippen LogP contribution in [0.15, 0.2) is 24.3 Å². The molecule has 1 fully saturated rings. The Labute approximate surface area is 98.0 Å². The second-order valence-electron chi connectivity index (χ2n) is 4.81. The van der Waals surface area contributed by atoms with Gasteiger partial charge in [0.25, 0.3) is 0 Å². The standard InChI is InChI=1S/C14H21NO/c1-4-13-14(2,9-10-15-13)11-5-7-12(16-3)8-6-11/h5-8,13,15H,4,9-10H2,1-3H3. The normalized spacial score (nSPS) is 29.3. The Morgan fingerprint density at radius 2 is 2.06 bits per heavy atom. The Hall–Kier alpha value is -1.02. The van der Waals surface area contributed by atoms with Gasteiger partial charge in [-0.15, -0.1) is 0 Å². The van der Waals surface area contributed by atoms with E-state index in [4.69, 9.17) is 4.74 Å². The minimum atomic E-state index is 0.279. The minimum Gasteiger partial charge on any atom is -0.497 e. The number of rotatable bonds is 3. The molecule has 1 saturated heterocycles. The van der Waals surface area contributed by atoms with E-state index in [1.807, 2.05) is 0 Å². The van der Waals surface area contributed by atoms with E-state index in [1.165, 1.54) is 18.4 Å². The van der Waals surface area contributed by atoms with Gasteiger partial charge in [-0.25, -0.2) is 0 Å². The number of benzene rings is 1. The Kier molecular flexibility index (Phi) is 3.20. The maximum atomic E-state index is 5.20. The highest BCUT2D eigenvalue weighted by Crippen LogP contribution is 2.36. The van der Waals surface area contributed by atoms with Gasteiger partial charge in [0.15, 0.2) is 0 Å². The molecule has 1 aliphatic heterocycles. The number of ether oxygens (including phenoxy) is 1. The van der Waals surface area contributed by atoms with E-state index < -0.39 is 0 Å². The van der Waals surface area contributed by atoms with E-state index in [-0.39, 0.29) is 5.41 Å². The van der Waals surface area contributed by atoms with Crippen molar-refractivity contribution in [3.8, 4) is 5.75 Å². The monoisotopic (exact) mass is 219 g/mol. The van der Waals surface area contributed by atoms with Crippen LogP contribution in [0.5, 0.6) is 5.75 Å². The maximum Gasteiger partial charge on any atom is 0.118 e. The second-order valence-corrected chi connectivity index (χ2v) is 4.81. The van der Waals surface area contributed by atoms with Crippen LogP contribution in [0.2, 0.25) is 0 Å². The first-order valence-corrected chi connectivity index (χ1v) is 6.08. The summed E-state index contributed by atoms with van der Waals surface area (Å²) in [5.74, 6) is 0.936. The van der Waals surface area contributed by atoms with E-state index in [0.717, 1.165) is 12.3 Å². The lowest BCUT2D eigenvalue weighted by atomic mass is 9.75. The number of nitrogens with one attached hydrogen (secondary N) is 1. The third kappa shape index (κ3) is 1.82. The van der Waals surface area contributed by atoms with E-state index in [0.29, 0.717) is 6.04 Å².